The third-order valence-corrected chi connectivity index (χ3v) is 1.93. The number of hydrogen-bond donors (Lipinski definition) is 2. The van der Waals surface area contributed by atoms with Crippen molar-refractivity contribution in [2.45, 2.75) is 27.2 Å². The molecule has 5 heteroatoms. The standard InChI is InChI=1S/C11H11N3O2.C2H6/c1-7(12)15-10(13)6-11-14-8-4-2-3-5-9(8)16-11;1-2/h2-5,12-13H,6H2,1H3;1-2H3. The van der Waals surface area contributed by atoms with E-state index < -0.39 is 0 Å². The molecule has 0 saturated carbocycles. The van der Waals surface area contributed by atoms with E-state index in [9.17, 15) is 0 Å². The summed E-state index contributed by atoms with van der Waals surface area (Å²) in [7, 11) is 0. The van der Waals surface area contributed by atoms with E-state index in [-0.39, 0.29) is 18.2 Å². The van der Waals surface area contributed by atoms with Gasteiger partial charge in [-0.05, 0) is 12.1 Å². The first kappa shape index (κ1) is 13.9. The van der Waals surface area contributed by atoms with E-state index in [1.54, 1.807) is 0 Å². The Labute approximate surface area is 106 Å². The van der Waals surface area contributed by atoms with Crippen LogP contribution < -0.4 is 0 Å². The third kappa shape index (κ3) is 3.69. The Hall–Kier alpha value is -2.17. The number of oxazole rings is 1. The van der Waals surface area contributed by atoms with Gasteiger partial charge in [0.25, 0.3) is 0 Å². The van der Waals surface area contributed by atoms with E-state index in [1.807, 2.05) is 38.1 Å². The van der Waals surface area contributed by atoms with E-state index in [0.717, 1.165) is 5.52 Å². The second-order valence-corrected chi connectivity index (χ2v) is 3.33. The molecule has 0 aliphatic heterocycles. The summed E-state index contributed by atoms with van der Waals surface area (Å²) in [4.78, 5) is 4.20. The smallest absolute Gasteiger partial charge is 0.204 e. The van der Waals surface area contributed by atoms with Gasteiger partial charge in [0.1, 0.15) is 11.9 Å². The minimum Gasteiger partial charge on any atom is -0.440 e. The summed E-state index contributed by atoms with van der Waals surface area (Å²) in [6.45, 7) is 5.47. The van der Waals surface area contributed by atoms with Gasteiger partial charge in [-0.2, -0.15) is 0 Å². The molecule has 18 heavy (non-hydrogen) atoms. The Morgan fingerprint density at radius 3 is 2.56 bits per heavy atom. The predicted octanol–water partition coefficient (Wildman–Crippen LogP) is 3.39. The van der Waals surface area contributed by atoms with Crippen LogP contribution in [0.3, 0.4) is 0 Å². The summed E-state index contributed by atoms with van der Waals surface area (Å²) in [5.41, 5.74) is 1.45. The van der Waals surface area contributed by atoms with Crippen LogP contribution in [-0.2, 0) is 11.2 Å². The van der Waals surface area contributed by atoms with Crippen LogP contribution in [0.5, 0.6) is 0 Å². The maximum absolute atomic E-state index is 7.47. The van der Waals surface area contributed by atoms with E-state index in [2.05, 4.69) is 4.98 Å². The molecule has 0 spiro atoms. The summed E-state index contributed by atoms with van der Waals surface area (Å²) in [5.74, 6) is 0.368. The Bertz CT molecular complexity index is 513. The summed E-state index contributed by atoms with van der Waals surface area (Å²) < 4.78 is 10.2. The Morgan fingerprint density at radius 2 is 1.94 bits per heavy atom. The van der Waals surface area contributed by atoms with E-state index in [4.69, 9.17) is 20.0 Å². The predicted molar refractivity (Wildman–Crippen MR) is 71.3 cm³/mol. The van der Waals surface area contributed by atoms with Gasteiger partial charge in [0.15, 0.2) is 17.4 Å². The highest BCUT2D eigenvalue weighted by molar-refractivity contribution is 5.88. The lowest BCUT2D eigenvalue weighted by molar-refractivity contribution is 0.490. The van der Waals surface area contributed by atoms with Crippen LogP contribution in [0.25, 0.3) is 11.1 Å². The SMILES string of the molecule is CC.CC(=N)OC(=N)Cc1nc2ccccc2o1. The molecule has 0 bridgehead atoms. The summed E-state index contributed by atoms with van der Waals surface area (Å²) in [5, 5.41) is 14.6. The molecule has 0 unspecified atom stereocenters. The zero-order valence-corrected chi connectivity index (χ0v) is 10.8. The fourth-order valence-corrected chi connectivity index (χ4v) is 1.35. The average molecular weight is 247 g/mol. The number of ether oxygens (including phenoxy) is 1. The van der Waals surface area contributed by atoms with E-state index >= 15 is 0 Å². The van der Waals surface area contributed by atoms with Gasteiger partial charge in [-0.1, -0.05) is 26.0 Å². The monoisotopic (exact) mass is 247 g/mol. The highest BCUT2D eigenvalue weighted by atomic mass is 16.5. The van der Waals surface area contributed by atoms with Gasteiger partial charge in [0, 0.05) is 6.92 Å². The molecule has 5 nitrogen and oxygen atoms in total. The zero-order valence-electron chi connectivity index (χ0n) is 10.8. The topological polar surface area (TPSA) is 83.0 Å². The molecule has 0 aliphatic rings. The number of para-hydroxylation sites is 2. The number of aromatic nitrogens is 1. The zero-order chi connectivity index (χ0) is 13.5. The van der Waals surface area contributed by atoms with Crippen molar-refractivity contribution in [1.82, 2.24) is 4.98 Å². The number of hydrogen-bond acceptors (Lipinski definition) is 5. The molecule has 2 aromatic rings. The Kier molecular flexibility index (Phi) is 5.05. The summed E-state index contributed by atoms with van der Waals surface area (Å²) in [6.07, 6.45) is 0.158. The molecule has 1 heterocycles. The highest BCUT2D eigenvalue weighted by Gasteiger charge is 2.09. The van der Waals surface area contributed by atoms with Crippen molar-refractivity contribution >= 4 is 22.9 Å². The molecule has 0 aliphatic carbocycles. The second kappa shape index (κ2) is 6.54. The largest absolute Gasteiger partial charge is 0.440 e. The molecule has 0 fully saturated rings. The van der Waals surface area contributed by atoms with Crippen molar-refractivity contribution in [1.29, 1.82) is 10.8 Å². The Morgan fingerprint density at radius 1 is 1.28 bits per heavy atom. The minimum absolute atomic E-state index is 0.0129. The molecule has 96 valence electrons. The van der Waals surface area contributed by atoms with Gasteiger partial charge < -0.3 is 9.15 Å². The summed E-state index contributed by atoms with van der Waals surface area (Å²) >= 11 is 0. The van der Waals surface area contributed by atoms with Crippen molar-refractivity contribution in [2.75, 3.05) is 0 Å². The quantitative estimate of drug-likeness (QED) is 0.630. The van der Waals surface area contributed by atoms with Crippen LogP contribution in [0.4, 0.5) is 0 Å². The lowest BCUT2D eigenvalue weighted by Gasteiger charge is -2.00. The normalized spacial score (nSPS) is 9.50. The second-order valence-electron chi connectivity index (χ2n) is 3.33. The van der Waals surface area contributed by atoms with Gasteiger partial charge in [-0.15, -0.1) is 0 Å². The van der Waals surface area contributed by atoms with Crippen LogP contribution in [0.15, 0.2) is 28.7 Å². The molecular weight excluding hydrogens is 230 g/mol. The van der Waals surface area contributed by atoms with Gasteiger partial charge in [0.05, 0.1) is 0 Å². The molecule has 2 N–H and O–H groups in total. The number of fused-ring (bicyclic) bond motifs is 1. The van der Waals surface area contributed by atoms with Crippen molar-refractivity contribution in [3.8, 4) is 0 Å². The van der Waals surface area contributed by atoms with Crippen molar-refractivity contribution in [3.05, 3.63) is 30.2 Å². The van der Waals surface area contributed by atoms with Gasteiger partial charge in [-0.25, -0.2) is 4.98 Å². The fourth-order valence-electron chi connectivity index (χ4n) is 1.35. The van der Waals surface area contributed by atoms with Gasteiger partial charge in [-0.3, -0.25) is 10.8 Å². The lowest BCUT2D eigenvalue weighted by atomic mass is 10.3. The molecule has 2 rings (SSSR count). The van der Waals surface area contributed by atoms with Gasteiger partial charge >= 0.3 is 0 Å². The summed E-state index contributed by atoms with van der Waals surface area (Å²) in [6, 6.07) is 7.39. The van der Waals surface area contributed by atoms with Crippen LogP contribution in [0.2, 0.25) is 0 Å². The Balaban J connectivity index is 0.000000771. The van der Waals surface area contributed by atoms with Crippen molar-refractivity contribution in [3.63, 3.8) is 0 Å². The number of benzene rings is 1. The molecular formula is C13H17N3O2. The minimum atomic E-state index is -0.0425. The molecule has 0 saturated heterocycles. The van der Waals surface area contributed by atoms with Crippen LogP contribution in [0, 0.1) is 10.8 Å². The van der Waals surface area contributed by atoms with Crippen LogP contribution in [-0.4, -0.2) is 16.8 Å². The number of nitrogens with one attached hydrogen (secondary N) is 2. The number of nitrogens with zero attached hydrogens (tertiary/aromatic N) is 1. The molecule has 0 atom stereocenters. The first-order valence-electron chi connectivity index (χ1n) is 5.80. The molecule has 0 radical (unpaired) electrons. The van der Waals surface area contributed by atoms with Crippen molar-refractivity contribution in [2.24, 2.45) is 0 Å². The maximum atomic E-state index is 7.47. The van der Waals surface area contributed by atoms with Crippen LogP contribution in [0.1, 0.15) is 26.7 Å². The molecule has 1 aromatic carbocycles. The van der Waals surface area contributed by atoms with Crippen molar-refractivity contribution < 1.29 is 9.15 Å². The molecule has 0 amide bonds. The van der Waals surface area contributed by atoms with Crippen LogP contribution >= 0.6 is 0 Å². The lowest BCUT2D eigenvalue weighted by Crippen LogP contribution is -2.10. The first-order chi connectivity index (χ1) is 8.65. The fraction of sp³-hybridized carbons (Fsp3) is 0.308. The first-order valence-corrected chi connectivity index (χ1v) is 5.80. The van der Waals surface area contributed by atoms with E-state index in [1.165, 1.54) is 6.92 Å². The third-order valence-electron chi connectivity index (χ3n) is 1.93. The van der Waals surface area contributed by atoms with E-state index in [0.29, 0.717) is 11.5 Å². The average Bonchev–Trinajstić information content (AvgIpc) is 2.72. The number of rotatable bonds is 2. The maximum Gasteiger partial charge on any atom is 0.204 e. The highest BCUT2D eigenvalue weighted by Crippen LogP contribution is 2.15. The van der Waals surface area contributed by atoms with Gasteiger partial charge in [0.2, 0.25) is 5.89 Å². The molecule has 1 aromatic heterocycles.